The summed E-state index contributed by atoms with van der Waals surface area (Å²) in [5, 5.41) is 11.7. The molecule has 120 valence electrons. The third-order valence-corrected chi connectivity index (χ3v) is 3.76. The minimum Gasteiger partial charge on any atom is -0.480 e. The molecular weight excluding hydrogens is 276 g/mol. The molecule has 0 aromatic rings. The topological polar surface area (TPSA) is 116 Å². The Morgan fingerprint density at radius 3 is 2.48 bits per heavy atom. The van der Waals surface area contributed by atoms with Crippen molar-refractivity contribution < 1.29 is 19.5 Å². The molecule has 0 aliphatic carbocycles. The van der Waals surface area contributed by atoms with E-state index < -0.39 is 12.0 Å². The molecule has 21 heavy (non-hydrogen) atoms. The lowest BCUT2D eigenvalue weighted by Crippen LogP contribution is -2.47. The van der Waals surface area contributed by atoms with Gasteiger partial charge < -0.3 is 21.1 Å². The summed E-state index contributed by atoms with van der Waals surface area (Å²) in [5.41, 5.74) is 5.08. The highest BCUT2D eigenvalue weighted by atomic mass is 16.4. The predicted molar refractivity (Wildman–Crippen MR) is 76.5 cm³/mol. The van der Waals surface area contributed by atoms with E-state index >= 15 is 0 Å². The summed E-state index contributed by atoms with van der Waals surface area (Å²) in [5.74, 6) is -0.655. The van der Waals surface area contributed by atoms with Crippen LogP contribution in [-0.4, -0.2) is 72.1 Å². The van der Waals surface area contributed by atoms with Crippen LogP contribution in [0.2, 0.25) is 0 Å². The molecule has 3 amide bonds. The average molecular weight is 300 g/mol. The molecule has 1 rings (SSSR count). The Kier molecular flexibility index (Phi) is 5.95. The van der Waals surface area contributed by atoms with Crippen LogP contribution in [-0.2, 0) is 9.59 Å². The van der Waals surface area contributed by atoms with Crippen LogP contribution in [0.1, 0.15) is 13.8 Å². The van der Waals surface area contributed by atoms with E-state index in [-0.39, 0.29) is 31.0 Å². The van der Waals surface area contributed by atoms with Gasteiger partial charge in [0.25, 0.3) is 0 Å². The van der Waals surface area contributed by atoms with Crippen molar-refractivity contribution in [2.75, 3.05) is 33.2 Å². The van der Waals surface area contributed by atoms with Crippen molar-refractivity contribution in [3.8, 4) is 0 Å². The first-order chi connectivity index (χ1) is 9.70. The molecule has 1 saturated heterocycles. The van der Waals surface area contributed by atoms with Gasteiger partial charge in [-0.05, 0) is 11.8 Å². The maximum atomic E-state index is 11.9. The zero-order chi connectivity index (χ0) is 16.2. The van der Waals surface area contributed by atoms with E-state index in [2.05, 4.69) is 5.32 Å². The fraction of sp³-hybridized carbons (Fsp3) is 0.769. The van der Waals surface area contributed by atoms with Gasteiger partial charge in [0.05, 0.1) is 6.54 Å². The van der Waals surface area contributed by atoms with E-state index in [1.807, 2.05) is 18.7 Å². The lowest BCUT2D eigenvalue weighted by Gasteiger charge is -2.24. The van der Waals surface area contributed by atoms with E-state index in [9.17, 15) is 14.4 Å². The zero-order valence-electron chi connectivity index (χ0n) is 12.7. The minimum atomic E-state index is -0.877. The van der Waals surface area contributed by atoms with E-state index in [1.165, 1.54) is 7.05 Å². The van der Waals surface area contributed by atoms with Gasteiger partial charge in [-0.1, -0.05) is 13.8 Å². The predicted octanol–water partition coefficient (Wildman–Crippen LogP) is -0.846. The van der Waals surface area contributed by atoms with Crippen molar-refractivity contribution in [1.82, 2.24) is 15.1 Å². The second-order valence-electron chi connectivity index (χ2n) is 5.86. The van der Waals surface area contributed by atoms with Gasteiger partial charge in [-0.3, -0.25) is 14.5 Å². The van der Waals surface area contributed by atoms with Crippen molar-refractivity contribution in [3.05, 3.63) is 0 Å². The number of rotatable bonds is 6. The number of hydrogen-bond donors (Lipinski definition) is 3. The normalized spacial score (nSPS) is 22.3. The maximum Gasteiger partial charge on any atom is 0.317 e. The summed E-state index contributed by atoms with van der Waals surface area (Å²) in [7, 11) is 1.45. The molecular formula is C13H24N4O4. The number of likely N-dealkylation sites (tertiary alicyclic amines) is 1. The molecule has 4 N–H and O–H groups in total. The molecule has 0 bridgehead atoms. The highest BCUT2D eigenvalue weighted by Crippen LogP contribution is 2.24. The number of hydrogen-bond acceptors (Lipinski definition) is 4. The van der Waals surface area contributed by atoms with Crippen molar-refractivity contribution in [1.29, 1.82) is 0 Å². The Morgan fingerprint density at radius 2 is 2.00 bits per heavy atom. The molecule has 8 heteroatoms. The van der Waals surface area contributed by atoms with Crippen molar-refractivity contribution >= 4 is 17.9 Å². The van der Waals surface area contributed by atoms with Crippen LogP contribution < -0.4 is 11.1 Å². The second-order valence-corrected chi connectivity index (χ2v) is 5.86. The number of urea groups is 1. The number of carbonyl (C=O) groups excluding carboxylic acids is 2. The van der Waals surface area contributed by atoms with Crippen LogP contribution in [0.3, 0.4) is 0 Å². The number of aliphatic carboxylic acids is 1. The summed E-state index contributed by atoms with van der Waals surface area (Å²) in [4.78, 5) is 36.6. The molecule has 8 nitrogen and oxygen atoms in total. The van der Waals surface area contributed by atoms with Crippen molar-refractivity contribution in [2.45, 2.75) is 19.9 Å². The second kappa shape index (κ2) is 7.26. The van der Waals surface area contributed by atoms with Crippen LogP contribution in [0, 0.1) is 11.8 Å². The highest BCUT2D eigenvalue weighted by Gasteiger charge is 2.36. The molecule has 1 fully saturated rings. The summed E-state index contributed by atoms with van der Waals surface area (Å²) < 4.78 is 0. The molecule has 0 unspecified atom stereocenters. The Morgan fingerprint density at radius 1 is 1.38 bits per heavy atom. The lowest BCUT2D eigenvalue weighted by molar-refractivity contribution is -0.138. The first kappa shape index (κ1) is 17.2. The largest absolute Gasteiger partial charge is 0.480 e. The van der Waals surface area contributed by atoms with Crippen LogP contribution >= 0.6 is 0 Å². The number of carboxylic acid groups (broad SMARTS) is 1. The van der Waals surface area contributed by atoms with Crippen LogP contribution in [0.5, 0.6) is 0 Å². The lowest BCUT2D eigenvalue weighted by atomic mass is 9.91. The molecule has 0 saturated carbocycles. The molecule has 1 aliphatic heterocycles. The quantitative estimate of drug-likeness (QED) is 0.591. The molecule has 1 heterocycles. The summed E-state index contributed by atoms with van der Waals surface area (Å²) in [6.45, 7) is 5.10. The number of nitrogens with one attached hydrogen (secondary N) is 1. The summed E-state index contributed by atoms with van der Waals surface area (Å²) >= 11 is 0. The van der Waals surface area contributed by atoms with Crippen LogP contribution in [0.15, 0.2) is 0 Å². The Hall–Kier alpha value is -1.83. The smallest absolute Gasteiger partial charge is 0.317 e. The Labute approximate surface area is 124 Å². The standard InChI is InChI=1S/C13H24N4O4/c1-8(2)9-4-17(7-12(19)20)5-10(9)15-11(18)6-16(3)13(14)21/h8-10H,4-7H2,1-3H3,(H2,14,21)(H,15,18)(H,19,20)/t9-,10+/m1/s1. The molecule has 0 radical (unpaired) electrons. The monoisotopic (exact) mass is 300 g/mol. The van der Waals surface area contributed by atoms with E-state index in [0.717, 1.165) is 4.90 Å². The van der Waals surface area contributed by atoms with Gasteiger partial charge in [0.2, 0.25) is 5.91 Å². The third kappa shape index (κ3) is 5.22. The summed E-state index contributed by atoms with van der Waals surface area (Å²) in [6.07, 6.45) is 0. The molecule has 2 atom stereocenters. The van der Waals surface area contributed by atoms with Gasteiger partial charge in [-0.15, -0.1) is 0 Å². The number of nitrogens with two attached hydrogens (primary N) is 1. The molecule has 1 aliphatic rings. The van der Waals surface area contributed by atoms with E-state index in [4.69, 9.17) is 10.8 Å². The Balaban J connectivity index is 2.60. The maximum absolute atomic E-state index is 11.9. The highest BCUT2D eigenvalue weighted by molar-refractivity contribution is 5.83. The van der Waals surface area contributed by atoms with Gasteiger partial charge in [0.1, 0.15) is 6.54 Å². The summed E-state index contributed by atoms with van der Waals surface area (Å²) in [6, 6.07) is -0.775. The first-order valence-corrected chi connectivity index (χ1v) is 6.94. The zero-order valence-corrected chi connectivity index (χ0v) is 12.7. The number of carbonyl (C=O) groups is 3. The van der Waals surface area contributed by atoms with Crippen LogP contribution in [0.25, 0.3) is 0 Å². The number of carboxylic acids is 1. The van der Waals surface area contributed by atoms with Crippen molar-refractivity contribution in [3.63, 3.8) is 0 Å². The van der Waals surface area contributed by atoms with Crippen molar-refractivity contribution in [2.24, 2.45) is 17.6 Å². The average Bonchev–Trinajstić information content (AvgIpc) is 2.70. The van der Waals surface area contributed by atoms with Gasteiger partial charge in [0, 0.05) is 26.2 Å². The Bertz CT molecular complexity index is 413. The van der Waals surface area contributed by atoms with Gasteiger partial charge >= 0.3 is 12.0 Å². The number of nitrogens with zero attached hydrogens (tertiary/aromatic N) is 2. The van der Waals surface area contributed by atoms with Gasteiger partial charge in [0.15, 0.2) is 0 Å². The first-order valence-electron chi connectivity index (χ1n) is 6.94. The SMILES string of the molecule is CC(C)[C@H]1CN(CC(=O)O)C[C@@H]1NC(=O)CN(C)C(N)=O. The molecule has 0 aromatic carbocycles. The number of amides is 3. The number of primary amides is 1. The van der Waals surface area contributed by atoms with Gasteiger partial charge in [-0.25, -0.2) is 4.79 Å². The molecule has 0 aromatic heterocycles. The van der Waals surface area contributed by atoms with E-state index in [1.54, 1.807) is 0 Å². The van der Waals surface area contributed by atoms with Gasteiger partial charge in [-0.2, -0.15) is 0 Å². The fourth-order valence-electron chi connectivity index (χ4n) is 2.61. The minimum absolute atomic E-state index is 0.0310. The fourth-order valence-corrected chi connectivity index (χ4v) is 2.61. The van der Waals surface area contributed by atoms with E-state index in [0.29, 0.717) is 19.0 Å². The molecule has 0 spiro atoms. The third-order valence-electron chi connectivity index (χ3n) is 3.76. The van der Waals surface area contributed by atoms with Crippen LogP contribution in [0.4, 0.5) is 4.79 Å². The number of likely N-dealkylation sites (N-methyl/N-ethyl adjacent to an activating group) is 1.